The Hall–Kier alpha value is -1.95. The van der Waals surface area contributed by atoms with E-state index in [1.165, 1.54) is 23.5 Å². The molecule has 0 radical (unpaired) electrons. The second-order valence-corrected chi connectivity index (χ2v) is 7.23. The minimum absolute atomic E-state index is 0.0689. The first-order valence-corrected chi connectivity index (χ1v) is 8.49. The van der Waals surface area contributed by atoms with Gasteiger partial charge in [0, 0.05) is 17.3 Å². The van der Waals surface area contributed by atoms with Crippen LogP contribution in [0, 0.1) is 18.7 Å². The zero-order chi connectivity index (χ0) is 16.7. The highest BCUT2D eigenvalue weighted by Crippen LogP contribution is 2.34. The number of primary amides is 1. The molecular weight excluding hydrogens is 315 g/mol. The van der Waals surface area contributed by atoms with Gasteiger partial charge in [0.05, 0.1) is 10.8 Å². The van der Waals surface area contributed by atoms with E-state index in [1.54, 1.807) is 11.0 Å². The van der Waals surface area contributed by atoms with Crippen LogP contribution in [0.4, 0.5) is 4.39 Å². The van der Waals surface area contributed by atoms with Crippen LogP contribution in [0.15, 0.2) is 18.2 Å². The lowest BCUT2D eigenvalue weighted by Crippen LogP contribution is -2.48. The van der Waals surface area contributed by atoms with E-state index >= 15 is 0 Å². The van der Waals surface area contributed by atoms with Crippen LogP contribution >= 0.6 is 11.3 Å². The molecule has 4 nitrogen and oxygen atoms in total. The van der Waals surface area contributed by atoms with Crippen LogP contribution in [0.5, 0.6) is 0 Å². The molecule has 2 N–H and O–H groups in total. The molecule has 2 aromatic rings. The fourth-order valence-corrected chi connectivity index (χ4v) is 4.30. The van der Waals surface area contributed by atoms with Gasteiger partial charge in [-0.2, -0.15) is 0 Å². The average Bonchev–Trinajstić information content (AvgIpc) is 2.83. The highest BCUT2D eigenvalue weighted by atomic mass is 32.1. The van der Waals surface area contributed by atoms with E-state index in [2.05, 4.69) is 0 Å². The van der Waals surface area contributed by atoms with Crippen LogP contribution in [-0.2, 0) is 4.79 Å². The van der Waals surface area contributed by atoms with Gasteiger partial charge in [-0.15, -0.1) is 11.3 Å². The zero-order valence-corrected chi connectivity index (χ0v) is 14.0. The molecule has 0 saturated carbocycles. The lowest BCUT2D eigenvalue weighted by atomic mass is 9.92. The summed E-state index contributed by atoms with van der Waals surface area (Å²) < 4.78 is 14.3. The normalized spacial score (nSPS) is 21.6. The maximum Gasteiger partial charge on any atom is 0.264 e. The smallest absolute Gasteiger partial charge is 0.264 e. The van der Waals surface area contributed by atoms with Gasteiger partial charge in [0.15, 0.2) is 0 Å². The summed E-state index contributed by atoms with van der Waals surface area (Å²) in [5.74, 6) is -1.05. The third kappa shape index (κ3) is 2.83. The Morgan fingerprint density at radius 3 is 2.78 bits per heavy atom. The number of nitrogens with zero attached hydrogens (tertiary/aromatic N) is 1. The van der Waals surface area contributed by atoms with Crippen molar-refractivity contribution in [2.75, 3.05) is 6.54 Å². The van der Waals surface area contributed by atoms with Crippen molar-refractivity contribution in [2.24, 2.45) is 11.7 Å². The van der Waals surface area contributed by atoms with Crippen LogP contribution in [-0.4, -0.2) is 29.3 Å². The summed E-state index contributed by atoms with van der Waals surface area (Å²) in [6, 6.07) is 4.63. The molecule has 0 bridgehead atoms. The minimum Gasteiger partial charge on any atom is -0.369 e. The van der Waals surface area contributed by atoms with Crippen molar-refractivity contribution in [3.63, 3.8) is 0 Å². The van der Waals surface area contributed by atoms with Gasteiger partial charge < -0.3 is 10.6 Å². The number of fused-ring (bicyclic) bond motifs is 1. The molecule has 2 amide bonds. The van der Waals surface area contributed by atoms with Gasteiger partial charge in [-0.3, -0.25) is 9.59 Å². The van der Waals surface area contributed by atoms with E-state index in [-0.39, 0.29) is 29.6 Å². The van der Waals surface area contributed by atoms with Crippen molar-refractivity contribution < 1.29 is 14.0 Å². The Morgan fingerprint density at radius 2 is 2.09 bits per heavy atom. The second-order valence-electron chi connectivity index (χ2n) is 6.18. The lowest BCUT2D eigenvalue weighted by Gasteiger charge is -2.36. The lowest BCUT2D eigenvalue weighted by molar-refractivity contribution is -0.123. The molecule has 122 valence electrons. The fourth-order valence-electron chi connectivity index (χ4n) is 3.15. The number of amides is 2. The number of benzene rings is 1. The molecule has 1 fully saturated rings. The topological polar surface area (TPSA) is 63.4 Å². The number of hydrogen-bond donors (Lipinski definition) is 1. The van der Waals surface area contributed by atoms with E-state index in [9.17, 15) is 14.0 Å². The first-order chi connectivity index (χ1) is 10.9. The van der Waals surface area contributed by atoms with Crippen molar-refractivity contribution in [3.05, 3.63) is 34.5 Å². The molecule has 3 rings (SSSR count). The third-order valence-electron chi connectivity index (χ3n) is 4.64. The molecule has 1 aromatic heterocycles. The van der Waals surface area contributed by atoms with Gasteiger partial charge in [-0.05, 0) is 55.8 Å². The highest BCUT2D eigenvalue weighted by Gasteiger charge is 2.33. The van der Waals surface area contributed by atoms with Gasteiger partial charge in [-0.25, -0.2) is 4.39 Å². The summed E-state index contributed by atoms with van der Waals surface area (Å²) in [5, 5.41) is 0.773. The van der Waals surface area contributed by atoms with E-state index in [0.29, 0.717) is 11.4 Å². The molecule has 6 heteroatoms. The van der Waals surface area contributed by atoms with Crippen molar-refractivity contribution in [1.82, 2.24) is 4.90 Å². The molecule has 0 unspecified atom stereocenters. The third-order valence-corrected chi connectivity index (χ3v) is 5.90. The summed E-state index contributed by atoms with van der Waals surface area (Å²) in [6.07, 6.45) is 1.48. The van der Waals surface area contributed by atoms with Crippen molar-refractivity contribution in [1.29, 1.82) is 0 Å². The number of aryl methyl sites for hydroxylation is 1. The summed E-state index contributed by atoms with van der Waals surface area (Å²) in [7, 11) is 0. The number of nitrogens with two attached hydrogens (primary N) is 1. The van der Waals surface area contributed by atoms with E-state index in [0.717, 1.165) is 28.5 Å². The molecule has 0 aliphatic carbocycles. The first-order valence-electron chi connectivity index (χ1n) is 7.67. The van der Waals surface area contributed by atoms with Crippen LogP contribution in [0.3, 0.4) is 0 Å². The standard InChI is InChI=1S/C17H19FN2O2S/c1-9-3-4-11(16(19)21)8-20(9)17(22)15-10(2)13-7-12(18)5-6-14(13)23-15/h5-7,9,11H,3-4,8H2,1-2H3,(H2,19,21)/t9-,11+/m0/s1. The minimum atomic E-state index is -0.357. The monoisotopic (exact) mass is 334 g/mol. The van der Waals surface area contributed by atoms with Crippen LogP contribution in [0.2, 0.25) is 0 Å². The van der Waals surface area contributed by atoms with Crippen LogP contribution in [0.25, 0.3) is 10.1 Å². The van der Waals surface area contributed by atoms with Crippen LogP contribution in [0.1, 0.15) is 35.0 Å². The second kappa shape index (κ2) is 5.92. The molecule has 0 spiro atoms. The van der Waals surface area contributed by atoms with Gasteiger partial charge in [-0.1, -0.05) is 0 Å². The van der Waals surface area contributed by atoms with Crippen LogP contribution < -0.4 is 5.73 Å². The predicted molar refractivity (Wildman–Crippen MR) is 88.9 cm³/mol. The van der Waals surface area contributed by atoms with E-state index in [1.807, 2.05) is 13.8 Å². The Bertz CT molecular complexity index is 786. The summed E-state index contributed by atoms with van der Waals surface area (Å²) in [6.45, 7) is 4.18. The number of hydrogen-bond acceptors (Lipinski definition) is 3. The molecule has 2 heterocycles. The molecule has 2 atom stereocenters. The predicted octanol–water partition coefficient (Wildman–Crippen LogP) is 3.07. The summed E-state index contributed by atoms with van der Waals surface area (Å²) in [5.41, 5.74) is 6.20. The number of likely N-dealkylation sites (tertiary alicyclic amines) is 1. The van der Waals surface area contributed by atoms with Crippen molar-refractivity contribution in [3.8, 4) is 0 Å². The number of piperidine rings is 1. The Kier molecular flexibility index (Phi) is 4.10. The van der Waals surface area contributed by atoms with Crippen molar-refractivity contribution in [2.45, 2.75) is 32.7 Å². The Morgan fingerprint density at radius 1 is 1.35 bits per heavy atom. The number of halogens is 1. The average molecular weight is 334 g/mol. The van der Waals surface area contributed by atoms with E-state index in [4.69, 9.17) is 5.73 Å². The Labute approximate surface area is 138 Å². The SMILES string of the molecule is Cc1c(C(=O)N2C[C@H](C(N)=O)CC[C@@H]2C)sc2ccc(F)cc12. The maximum absolute atomic E-state index is 13.4. The maximum atomic E-state index is 13.4. The quantitative estimate of drug-likeness (QED) is 0.917. The molecular formula is C17H19FN2O2S. The van der Waals surface area contributed by atoms with E-state index < -0.39 is 0 Å². The largest absolute Gasteiger partial charge is 0.369 e. The number of carbonyl (C=O) groups excluding carboxylic acids is 2. The fraction of sp³-hybridized carbons (Fsp3) is 0.412. The summed E-state index contributed by atoms with van der Waals surface area (Å²) >= 11 is 1.37. The molecule has 1 aliphatic heterocycles. The number of rotatable bonds is 2. The molecule has 1 saturated heterocycles. The highest BCUT2D eigenvalue weighted by molar-refractivity contribution is 7.21. The molecule has 23 heavy (non-hydrogen) atoms. The molecule has 1 aromatic carbocycles. The van der Waals surface area contributed by atoms with Crippen molar-refractivity contribution >= 4 is 33.2 Å². The van der Waals surface area contributed by atoms with Gasteiger partial charge >= 0.3 is 0 Å². The van der Waals surface area contributed by atoms with Gasteiger partial charge in [0.2, 0.25) is 5.91 Å². The number of thiophene rings is 1. The Balaban J connectivity index is 1.96. The summed E-state index contributed by atoms with van der Waals surface area (Å²) in [4.78, 5) is 26.7. The molecule has 1 aliphatic rings. The van der Waals surface area contributed by atoms with Gasteiger partial charge in [0.1, 0.15) is 5.82 Å². The van der Waals surface area contributed by atoms with Gasteiger partial charge in [0.25, 0.3) is 5.91 Å². The first kappa shape index (κ1) is 15.9. The zero-order valence-electron chi connectivity index (χ0n) is 13.1. The number of carbonyl (C=O) groups is 2.